The number of aromatic amines is 1. The van der Waals surface area contributed by atoms with Gasteiger partial charge in [0.05, 0.1) is 4.90 Å². The number of aromatic nitrogens is 1. The van der Waals surface area contributed by atoms with Crippen LogP contribution in [-0.4, -0.2) is 28.1 Å². The lowest BCUT2D eigenvalue weighted by Gasteiger charge is -2.07. The van der Waals surface area contributed by atoms with Crippen molar-refractivity contribution < 1.29 is 16.8 Å². The Labute approximate surface area is 175 Å². The molecule has 0 bridgehead atoms. The molecule has 0 saturated carbocycles. The Morgan fingerprint density at radius 3 is 2.00 bits per heavy atom. The van der Waals surface area contributed by atoms with Crippen molar-refractivity contribution in [1.29, 1.82) is 0 Å². The van der Waals surface area contributed by atoms with Gasteiger partial charge in [0.15, 0.2) is 9.84 Å². The summed E-state index contributed by atoms with van der Waals surface area (Å²) in [7, 11) is -6.89. The SMILES string of the molecule is CS(=O)(=O)c1ccc(-c2ccc(CNS(=O)(=O)c3cc4ccccc4[nH]3)cc2)cc1. The molecule has 0 aliphatic heterocycles. The summed E-state index contributed by atoms with van der Waals surface area (Å²) < 4.78 is 50.9. The third-order valence-corrected chi connectivity index (χ3v) is 7.28. The Morgan fingerprint density at radius 2 is 1.40 bits per heavy atom. The standard InChI is InChI=1S/C22H20N2O4S2/c1-29(25,26)20-12-10-18(11-13-20)17-8-6-16(7-9-17)15-23-30(27,28)22-14-19-4-2-3-5-21(19)24-22/h2-14,23-24H,15H2,1H3. The lowest BCUT2D eigenvalue weighted by atomic mass is 10.0. The molecule has 0 fully saturated rings. The van der Waals surface area contributed by atoms with E-state index in [1.54, 1.807) is 30.3 Å². The minimum absolute atomic E-state index is 0.131. The van der Waals surface area contributed by atoms with Crippen LogP contribution in [0.3, 0.4) is 0 Å². The summed E-state index contributed by atoms with van der Waals surface area (Å²) in [6.45, 7) is 0.158. The smallest absolute Gasteiger partial charge is 0.256 e. The summed E-state index contributed by atoms with van der Waals surface area (Å²) in [5, 5.41) is 0.968. The first kappa shape index (κ1) is 20.3. The zero-order valence-electron chi connectivity index (χ0n) is 16.2. The molecule has 30 heavy (non-hydrogen) atoms. The minimum atomic E-state index is -3.66. The molecular weight excluding hydrogens is 420 g/mol. The maximum Gasteiger partial charge on any atom is 0.256 e. The highest BCUT2D eigenvalue weighted by Crippen LogP contribution is 2.22. The van der Waals surface area contributed by atoms with E-state index < -0.39 is 19.9 Å². The van der Waals surface area contributed by atoms with E-state index in [2.05, 4.69) is 9.71 Å². The fraction of sp³-hybridized carbons (Fsp3) is 0.0909. The molecule has 4 aromatic rings. The third kappa shape index (κ3) is 4.30. The third-order valence-electron chi connectivity index (χ3n) is 4.83. The molecule has 4 rings (SSSR count). The molecule has 6 nitrogen and oxygen atoms in total. The molecule has 0 unspecified atom stereocenters. The van der Waals surface area contributed by atoms with Crippen LogP contribution in [0.4, 0.5) is 0 Å². The number of hydrogen-bond donors (Lipinski definition) is 2. The monoisotopic (exact) mass is 440 g/mol. The maximum absolute atomic E-state index is 12.6. The van der Waals surface area contributed by atoms with Crippen LogP contribution >= 0.6 is 0 Å². The second kappa shape index (κ2) is 7.71. The molecule has 0 radical (unpaired) electrons. The van der Waals surface area contributed by atoms with Gasteiger partial charge in [0.25, 0.3) is 10.0 Å². The fourth-order valence-electron chi connectivity index (χ4n) is 3.16. The van der Waals surface area contributed by atoms with Crippen LogP contribution in [0.15, 0.2) is 88.8 Å². The molecular formula is C22H20N2O4S2. The van der Waals surface area contributed by atoms with Crippen LogP contribution in [0.2, 0.25) is 0 Å². The molecule has 1 heterocycles. The van der Waals surface area contributed by atoms with Gasteiger partial charge in [-0.05, 0) is 41.0 Å². The van der Waals surface area contributed by atoms with Crippen molar-refractivity contribution >= 4 is 30.8 Å². The van der Waals surface area contributed by atoms with Gasteiger partial charge in [-0.3, -0.25) is 0 Å². The van der Waals surface area contributed by atoms with E-state index in [-0.39, 0.29) is 16.5 Å². The molecule has 8 heteroatoms. The largest absolute Gasteiger partial charge is 0.345 e. The lowest BCUT2D eigenvalue weighted by molar-refractivity contribution is 0.578. The van der Waals surface area contributed by atoms with Gasteiger partial charge in [-0.2, -0.15) is 0 Å². The number of para-hydroxylation sites is 1. The lowest BCUT2D eigenvalue weighted by Crippen LogP contribution is -2.23. The van der Waals surface area contributed by atoms with Crippen LogP contribution in [0.25, 0.3) is 22.0 Å². The van der Waals surface area contributed by atoms with Crippen LogP contribution in [0.5, 0.6) is 0 Å². The number of H-pyrrole nitrogens is 1. The molecule has 154 valence electrons. The first-order valence-electron chi connectivity index (χ1n) is 9.19. The van der Waals surface area contributed by atoms with Crippen LogP contribution in [0.1, 0.15) is 5.56 Å². The van der Waals surface area contributed by atoms with E-state index in [0.29, 0.717) is 0 Å². The fourth-order valence-corrected chi connectivity index (χ4v) is 4.83. The number of hydrogen-bond acceptors (Lipinski definition) is 4. The molecule has 0 atom stereocenters. The van der Waals surface area contributed by atoms with Crippen molar-refractivity contribution in [3.8, 4) is 11.1 Å². The zero-order chi connectivity index (χ0) is 21.4. The topological polar surface area (TPSA) is 96.1 Å². The Hall–Kier alpha value is -2.94. The molecule has 0 amide bonds. The summed E-state index contributed by atoms with van der Waals surface area (Å²) in [4.78, 5) is 3.20. The van der Waals surface area contributed by atoms with Crippen molar-refractivity contribution in [3.63, 3.8) is 0 Å². The number of benzene rings is 3. The Morgan fingerprint density at radius 1 is 0.800 bits per heavy atom. The number of sulfone groups is 1. The Balaban J connectivity index is 1.47. The second-order valence-corrected chi connectivity index (χ2v) is 10.8. The first-order chi connectivity index (χ1) is 14.2. The summed E-state index contributed by atoms with van der Waals surface area (Å²) in [6, 6.07) is 23.1. The normalized spacial score (nSPS) is 12.3. The van der Waals surface area contributed by atoms with Crippen molar-refractivity contribution in [2.45, 2.75) is 16.5 Å². The number of nitrogens with one attached hydrogen (secondary N) is 2. The van der Waals surface area contributed by atoms with Crippen molar-refractivity contribution in [2.75, 3.05) is 6.26 Å². The molecule has 0 aliphatic carbocycles. The van der Waals surface area contributed by atoms with E-state index in [1.807, 2.05) is 48.5 Å². The molecule has 0 spiro atoms. The highest BCUT2D eigenvalue weighted by Gasteiger charge is 2.16. The first-order valence-corrected chi connectivity index (χ1v) is 12.6. The van der Waals surface area contributed by atoms with Crippen molar-refractivity contribution in [1.82, 2.24) is 9.71 Å². The van der Waals surface area contributed by atoms with Crippen molar-refractivity contribution in [2.24, 2.45) is 0 Å². The van der Waals surface area contributed by atoms with Crippen LogP contribution in [0, 0.1) is 0 Å². The van der Waals surface area contributed by atoms with Gasteiger partial charge in [-0.15, -0.1) is 0 Å². The van der Waals surface area contributed by atoms with Gasteiger partial charge in [0, 0.05) is 23.7 Å². The summed E-state index contributed by atoms with van der Waals surface area (Å²) in [6.07, 6.45) is 1.17. The van der Waals surface area contributed by atoms with E-state index in [9.17, 15) is 16.8 Å². The maximum atomic E-state index is 12.6. The van der Waals surface area contributed by atoms with E-state index >= 15 is 0 Å². The molecule has 3 aromatic carbocycles. The second-order valence-electron chi connectivity index (χ2n) is 7.04. The Bertz CT molecular complexity index is 1370. The van der Waals surface area contributed by atoms with E-state index in [1.165, 1.54) is 6.26 Å². The Kier molecular flexibility index (Phi) is 5.23. The van der Waals surface area contributed by atoms with Gasteiger partial charge in [-0.25, -0.2) is 21.6 Å². The quantitative estimate of drug-likeness (QED) is 0.478. The summed E-state index contributed by atoms with van der Waals surface area (Å²) >= 11 is 0. The van der Waals surface area contributed by atoms with Gasteiger partial charge in [-0.1, -0.05) is 54.6 Å². The van der Waals surface area contributed by atoms with Crippen LogP contribution in [-0.2, 0) is 26.4 Å². The van der Waals surface area contributed by atoms with E-state index in [4.69, 9.17) is 0 Å². The number of fused-ring (bicyclic) bond motifs is 1. The highest BCUT2D eigenvalue weighted by atomic mass is 32.2. The zero-order valence-corrected chi connectivity index (χ0v) is 17.8. The number of sulfonamides is 1. The van der Waals surface area contributed by atoms with Crippen LogP contribution < -0.4 is 4.72 Å². The predicted octanol–water partition coefficient (Wildman–Crippen LogP) is 3.72. The average Bonchev–Trinajstić information content (AvgIpc) is 3.18. The summed E-state index contributed by atoms with van der Waals surface area (Å²) in [5.41, 5.74) is 3.38. The molecule has 0 aliphatic rings. The molecule has 2 N–H and O–H groups in total. The van der Waals surface area contributed by atoms with Crippen molar-refractivity contribution in [3.05, 3.63) is 84.4 Å². The minimum Gasteiger partial charge on any atom is -0.345 e. The van der Waals surface area contributed by atoms with Gasteiger partial charge in [0.2, 0.25) is 0 Å². The van der Waals surface area contributed by atoms with E-state index in [0.717, 1.165) is 27.6 Å². The van der Waals surface area contributed by atoms with Gasteiger partial charge < -0.3 is 4.98 Å². The highest BCUT2D eigenvalue weighted by molar-refractivity contribution is 7.90. The van der Waals surface area contributed by atoms with Gasteiger partial charge in [0.1, 0.15) is 5.03 Å². The molecule has 1 aromatic heterocycles. The number of rotatable bonds is 6. The van der Waals surface area contributed by atoms with Gasteiger partial charge >= 0.3 is 0 Å². The predicted molar refractivity (Wildman–Crippen MR) is 117 cm³/mol. The summed E-state index contributed by atoms with van der Waals surface area (Å²) in [5.74, 6) is 0. The molecule has 0 saturated heterocycles. The average molecular weight is 441 g/mol.